The Hall–Kier alpha value is 1.40. The molecule has 0 aliphatic rings. The lowest BCUT2D eigenvalue weighted by molar-refractivity contribution is 0.146. The first-order valence-electron chi connectivity index (χ1n) is 2.20. The van der Waals surface area contributed by atoms with Gasteiger partial charge in [0.1, 0.15) is 0 Å². The summed E-state index contributed by atoms with van der Waals surface area (Å²) in [7, 11) is 0. The van der Waals surface area contributed by atoms with Crippen molar-refractivity contribution in [3.8, 4) is 0 Å². The second-order valence-corrected chi connectivity index (χ2v) is 5.96. The predicted molar refractivity (Wildman–Crippen MR) is 44.3 cm³/mol. The number of halogens is 3. The second kappa shape index (κ2) is 3.54. The Morgan fingerprint density at radius 2 is 2.00 bits per heavy atom. The molecule has 8 heavy (non-hydrogen) atoms. The molecule has 0 heterocycles. The standard InChI is InChI=1S/C4H6Br3O/c1-2-3(5)4(6,7)8/h3H,2H2,1H3. The molecule has 0 fully saturated rings. The van der Waals surface area contributed by atoms with Crippen molar-refractivity contribution < 1.29 is 5.11 Å². The fraction of sp³-hybridized carbons (Fsp3) is 1.00. The third-order valence-electron chi connectivity index (χ3n) is 0.723. The topological polar surface area (TPSA) is 19.9 Å². The maximum Gasteiger partial charge on any atom is 0.224 e. The number of hydrogen-bond acceptors (Lipinski definition) is 0. The molecule has 0 aromatic carbocycles. The van der Waals surface area contributed by atoms with E-state index in [-0.39, 0.29) is 4.83 Å². The van der Waals surface area contributed by atoms with Crippen LogP contribution in [-0.2, 0) is 5.11 Å². The number of hydrogen-bond donors (Lipinski definition) is 0. The fourth-order valence-corrected chi connectivity index (χ4v) is 0.885. The lowest BCUT2D eigenvalue weighted by atomic mass is 10.4. The van der Waals surface area contributed by atoms with Crippen LogP contribution in [0.2, 0.25) is 0 Å². The first kappa shape index (κ1) is 9.40. The van der Waals surface area contributed by atoms with Crippen molar-refractivity contribution >= 4 is 47.8 Å². The van der Waals surface area contributed by atoms with E-state index in [1.165, 1.54) is 0 Å². The van der Waals surface area contributed by atoms with Gasteiger partial charge in [-0.3, -0.25) is 0 Å². The van der Waals surface area contributed by atoms with Crippen LogP contribution in [0.5, 0.6) is 0 Å². The predicted octanol–water partition coefficient (Wildman–Crippen LogP) is 3.03. The lowest BCUT2D eigenvalue weighted by Crippen LogP contribution is -2.20. The molecule has 1 unspecified atom stereocenters. The van der Waals surface area contributed by atoms with Gasteiger partial charge in [-0.2, -0.15) is 0 Å². The Morgan fingerprint density at radius 1 is 1.62 bits per heavy atom. The van der Waals surface area contributed by atoms with Crippen LogP contribution in [0.15, 0.2) is 0 Å². The zero-order chi connectivity index (χ0) is 6.78. The van der Waals surface area contributed by atoms with E-state index in [2.05, 4.69) is 47.8 Å². The van der Waals surface area contributed by atoms with Crippen molar-refractivity contribution in [3.05, 3.63) is 0 Å². The lowest BCUT2D eigenvalue weighted by Gasteiger charge is -2.14. The molecule has 0 N–H and O–H groups in total. The summed E-state index contributed by atoms with van der Waals surface area (Å²) < 4.78 is -1.20. The van der Waals surface area contributed by atoms with E-state index in [9.17, 15) is 5.11 Å². The summed E-state index contributed by atoms with van der Waals surface area (Å²) in [6.07, 6.45) is 0.806. The maximum atomic E-state index is 10.8. The average molecular weight is 310 g/mol. The van der Waals surface area contributed by atoms with Gasteiger partial charge < -0.3 is 0 Å². The van der Waals surface area contributed by atoms with Crippen molar-refractivity contribution in [2.75, 3.05) is 0 Å². The molecule has 1 nitrogen and oxygen atoms in total. The highest BCUT2D eigenvalue weighted by molar-refractivity contribution is 9.26. The highest BCUT2D eigenvalue weighted by Crippen LogP contribution is 2.33. The summed E-state index contributed by atoms with van der Waals surface area (Å²) in [5.41, 5.74) is 0. The molecule has 0 aromatic heterocycles. The van der Waals surface area contributed by atoms with Crippen molar-refractivity contribution in [1.82, 2.24) is 0 Å². The molecular formula is C4H6Br3O. The van der Waals surface area contributed by atoms with E-state index in [1.807, 2.05) is 6.92 Å². The number of alkyl halides is 3. The van der Waals surface area contributed by atoms with Crippen LogP contribution in [-0.4, -0.2) is 8.25 Å². The Balaban J connectivity index is 3.62. The van der Waals surface area contributed by atoms with Crippen molar-refractivity contribution in [2.24, 2.45) is 0 Å². The van der Waals surface area contributed by atoms with Crippen molar-refractivity contribution in [3.63, 3.8) is 0 Å². The van der Waals surface area contributed by atoms with Gasteiger partial charge in [-0.25, -0.2) is 5.11 Å². The van der Waals surface area contributed by atoms with Crippen LogP contribution in [0.25, 0.3) is 0 Å². The molecule has 0 rings (SSSR count). The van der Waals surface area contributed by atoms with E-state index in [0.717, 1.165) is 6.42 Å². The normalized spacial score (nSPS) is 16.1. The van der Waals surface area contributed by atoms with Gasteiger partial charge in [-0.1, -0.05) is 22.9 Å². The summed E-state index contributed by atoms with van der Waals surface area (Å²) in [4.78, 5) is -0.0602. The van der Waals surface area contributed by atoms with Gasteiger partial charge in [0.25, 0.3) is 0 Å². The molecule has 0 aromatic rings. The minimum Gasteiger partial charge on any atom is -0.203 e. The Morgan fingerprint density at radius 3 is 2.00 bits per heavy atom. The summed E-state index contributed by atoms with van der Waals surface area (Å²) >= 11 is 9.03. The molecule has 1 atom stereocenters. The molecule has 1 radical (unpaired) electrons. The molecule has 49 valence electrons. The van der Waals surface area contributed by atoms with Crippen LogP contribution in [0.1, 0.15) is 13.3 Å². The van der Waals surface area contributed by atoms with Crippen LogP contribution in [0.4, 0.5) is 0 Å². The zero-order valence-corrected chi connectivity index (χ0v) is 9.08. The SMILES string of the molecule is CCC(Br)C([O])(Br)Br. The first-order valence-corrected chi connectivity index (χ1v) is 4.71. The highest BCUT2D eigenvalue weighted by Gasteiger charge is 2.28. The van der Waals surface area contributed by atoms with Gasteiger partial charge in [-0.05, 0) is 38.3 Å². The van der Waals surface area contributed by atoms with Crippen molar-refractivity contribution in [1.29, 1.82) is 0 Å². The molecular weight excluding hydrogens is 304 g/mol. The quantitative estimate of drug-likeness (QED) is 0.699. The van der Waals surface area contributed by atoms with E-state index in [4.69, 9.17) is 0 Å². The molecule has 4 heteroatoms. The van der Waals surface area contributed by atoms with Gasteiger partial charge in [-0.15, -0.1) is 0 Å². The van der Waals surface area contributed by atoms with E-state index >= 15 is 0 Å². The third-order valence-corrected chi connectivity index (χ3v) is 4.35. The molecule has 0 saturated heterocycles. The van der Waals surface area contributed by atoms with Gasteiger partial charge in [0.05, 0.1) is 4.83 Å². The molecule has 0 aliphatic carbocycles. The van der Waals surface area contributed by atoms with Crippen LogP contribution in [0, 0.1) is 0 Å². The Kier molecular flexibility index (Phi) is 4.16. The molecule has 0 amide bonds. The summed E-state index contributed by atoms with van der Waals surface area (Å²) in [5.74, 6) is 0. The first-order chi connectivity index (χ1) is 3.48. The highest BCUT2D eigenvalue weighted by atomic mass is 79.9. The molecule has 0 bridgehead atoms. The minimum absolute atomic E-state index is 0.0602. The molecule has 0 aliphatic heterocycles. The third kappa shape index (κ3) is 3.43. The summed E-state index contributed by atoms with van der Waals surface area (Å²) in [6, 6.07) is 0. The average Bonchev–Trinajstić information content (AvgIpc) is 1.62. The van der Waals surface area contributed by atoms with Crippen LogP contribution < -0.4 is 0 Å². The Bertz CT molecular complexity index is 68.2. The second-order valence-electron chi connectivity index (χ2n) is 1.44. The monoisotopic (exact) mass is 307 g/mol. The van der Waals surface area contributed by atoms with E-state index in [1.54, 1.807) is 0 Å². The largest absolute Gasteiger partial charge is 0.224 e. The fourth-order valence-electron chi connectivity index (χ4n) is 0.238. The van der Waals surface area contributed by atoms with Crippen LogP contribution in [0.3, 0.4) is 0 Å². The molecule has 0 saturated carbocycles. The maximum absolute atomic E-state index is 10.8. The van der Waals surface area contributed by atoms with Gasteiger partial charge >= 0.3 is 0 Å². The summed E-state index contributed by atoms with van der Waals surface area (Å²) in [6.45, 7) is 1.94. The zero-order valence-electron chi connectivity index (χ0n) is 4.33. The number of rotatable bonds is 2. The van der Waals surface area contributed by atoms with E-state index in [0.29, 0.717) is 0 Å². The Labute approximate surface area is 74.2 Å². The van der Waals surface area contributed by atoms with Gasteiger partial charge in [0, 0.05) is 0 Å². The summed E-state index contributed by atoms with van der Waals surface area (Å²) in [5, 5.41) is 10.8. The smallest absolute Gasteiger partial charge is 0.203 e. The van der Waals surface area contributed by atoms with Gasteiger partial charge in [0.2, 0.25) is 3.42 Å². The molecule has 0 spiro atoms. The van der Waals surface area contributed by atoms with E-state index < -0.39 is 3.42 Å². The minimum atomic E-state index is -1.20. The van der Waals surface area contributed by atoms with Crippen LogP contribution >= 0.6 is 47.8 Å². The van der Waals surface area contributed by atoms with Crippen molar-refractivity contribution in [2.45, 2.75) is 21.6 Å². The van der Waals surface area contributed by atoms with Gasteiger partial charge in [0.15, 0.2) is 0 Å².